The van der Waals surface area contributed by atoms with Crippen molar-refractivity contribution in [3.8, 4) is 0 Å². The second-order valence-corrected chi connectivity index (χ2v) is 3.11. The largest absolute Gasteiger partial charge is 0.409 e. The van der Waals surface area contributed by atoms with Crippen molar-refractivity contribution < 1.29 is 5.21 Å². The molecule has 0 aromatic rings. The van der Waals surface area contributed by atoms with Gasteiger partial charge in [0.15, 0.2) is 0 Å². The molecule has 0 saturated heterocycles. The van der Waals surface area contributed by atoms with Crippen LogP contribution >= 0.6 is 11.6 Å². The highest BCUT2D eigenvalue weighted by atomic mass is 35.5. The molecule has 0 aromatic heterocycles. The van der Waals surface area contributed by atoms with E-state index in [4.69, 9.17) is 22.5 Å². The molecule has 4 nitrogen and oxygen atoms in total. The van der Waals surface area contributed by atoms with Gasteiger partial charge >= 0.3 is 0 Å². The maximum atomic E-state index is 8.31. The van der Waals surface area contributed by atoms with Crippen LogP contribution in [0.25, 0.3) is 0 Å². The zero-order valence-corrected chi connectivity index (χ0v) is 7.80. The molecule has 0 heterocycles. The Morgan fingerprint density at radius 2 is 2.42 bits per heavy atom. The van der Waals surface area contributed by atoms with Gasteiger partial charge in [-0.05, 0) is 0 Å². The van der Waals surface area contributed by atoms with E-state index in [0.717, 1.165) is 0 Å². The van der Waals surface area contributed by atoms with Crippen molar-refractivity contribution in [3.63, 3.8) is 0 Å². The summed E-state index contributed by atoms with van der Waals surface area (Å²) in [5.74, 6) is 0.203. The molecule has 0 aliphatic carbocycles. The van der Waals surface area contributed by atoms with E-state index in [0.29, 0.717) is 18.1 Å². The number of nitrogens with zero attached hydrogens (tertiary/aromatic N) is 1. The molecule has 0 amide bonds. The van der Waals surface area contributed by atoms with E-state index in [-0.39, 0.29) is 11.8 Å². The fourth-order valence-electron chi connectivity index (χ4n) is 0.627. The van der Waals surface area contributed by atoms with Crippen molar-refractivity contribution >= 4 is 17.4 Å². The molecule has 1 unspecified atom stereocenters. The summed E-state index contributed by atoms with van der Waals surface area (Å²) in [4.78, 5) is 0. The molecule has 4 N–H and O–H groups in total. The van der Waals surface area contributed by atoms with Crippen molar-refractivity contribution in [2.24, 2.45) is 16.8 Å². The first-order chi connectivity index (χ1) is 5.57. The topological polar surface area (TPSA) is 70.6 Å². The minimum absolute atomic E-state index is 0.00832. The summed E-state index contributed by atoms with van der Waals surface area (Å²) in [5.41, 5.74) is 5.34. The zero-order chi connectivity index (χ0) is 9.56. The average molecular weight is 192 g/mol. The van der Waals surface area contributed by atoms with Crippen molar-refractivity contribution in [1.82, 2.24) is 5.32 Å². The lowest BCUT2D eigenvalue weighted by molar-refractivity contribution is 0.314. The van der Waals surface area contributed by atoms with E-state index in [1.54, 1.807) is 0 Å². The van der Waals surface area contributed by atoms with Crippen LogP contribution in [0.5, 0.6) is 0 Å². The summed E-state index contributed by atoms with van der Waals surface area (Å²) in [7, 11) is 0. The quantitative estimate of drug-likeness (QED) is 0.260. The van der Waals surface area contributed by atoms with Gasteiger partial charge in [-0.25, -0.2) is 0 Å². The van der Waals surface area contributed by atoms with Gasteiger partial charge in [-0.1, -0.05) is 30.3 Å². The van der Waals surface area contributed by atoms with Crippen molar-refractivity contribution in [2.75, 3.05) is 13.1 Å². The third-order valence-electron chi connectivity index (χ3n) is 1.39. The van der Waals surface area contributed by atoms with Gasteiger partial charge in [0.1, 0.15) is 5.84 Å². The Kier molecular flexibility index (Phi) is 5.49. The van der Waals surface area contributed by atoms with Crippen LogP contribution < -0.4 is 11.1 Å². The third-order valence-corrected chi connectivity index (χ3v) is 1.52. The molecule has 0 radical (unpaired) electrons. The van der Waals surface area contributed by atoms with Crippen molar-refractivity contribution in [2.45, 2.75) is 6.92 Å². The minimum atomic E-state index is -0.00832. The second kappa shape index (κ2) is 5.85. The smallest absolute Gasteiger partial charge is 0.143 e. The van der Waals surface area contributed by atoms with Crippen LogP contribution in [-0.4, -0.2) is 24.1 Å². The summed E-state index contributed by atoms with van der Waals surface area (Å²) >= 11 is 5.51. The average Bonchev–Trinajstić information content (AvgIpc) is 2.02. The molecule has 0 fully saturated rings. The molecule has 0 saturated carbocycles. The fraction of sp³-hybridized carbons (Fsp3) is 0.571. The van der Waals surface area contributed by atoms with Crippen LogP contribution in [0.15, 0.2) is 16.8 Å². The molecule has 0 aromatic carbocycles. The predicted molar refractivity (Wildman–Crippen MR) is 50.4 cm³/mol. The molecule has 12 heavy (non-hydrogen) atoms. The van der Waals surface area contributed by atoms with E-state index in [1.807, 2.05) is 6.92 Å². The number of oxime groups is 1. The number of hydrogen-bond acceptors (Lipinski definition) is 3. The second-order valence-electron chi connectivity index (χ2n) is 2.57. The van der Waals surface area contributed by atoms with Gasteiger partial charge < -0.3 is 16.3 Å². The van der Waals surface area contributed by atoms with E-state index in [9.17, 15) is 0 Å². The highest BCUT2D eigenvalue weighted by molar-refractivity contribution is 6.29. The van der Waals surface area contributed by atoms with E-state index in [2.05, 4.69) is 17.1 Å². The molecule has 70 valence electrons. The molecule has 0 aliphatic rings. The van der Waals surface area contributed by atoms with E-state index < -0.39 is 0 Å². The summed E-state index contributed by atoms with van der Waals surface area (Å²) in [6.07, 6.45) is 0. The summed E-state index contributed by atoms with van der Waals surface area (Å²) < 4.78 is 0. The standard InChI is InChI=1S/C7H14ClN3O/c1-5(7(9)11-12)3-10-4-6(2)8/h5,10,12H,2-4H2,1H3,(H2,9,11). The highest BCUT2D eigenvalue weighted by Crippen LogP contribution is 1.95. The van der Waals surface area contributed by atoms with Crippen LogP contribution in [0.4, 0.5) is 0 Å². The SMILES string of the molecule is C=C(Cl)CNCC(C)C(N)=NO. The summed E-state index contributed by atoms with van der Waals surface area (Å²) in [6.45, 7) is 6.50. The summed E-state index contributed by atoms with van der Waals surface area (Å²) in [6, 6.07) is 0. The lowest BCUT2D eigenvalue weighted by Gasteiger charge is -2.09. The lowest BCUT2D eigenvalue weighted by Crippen LogP contribution is -2.31. The van der Waals surface area contributed by atoms with Gasteiger partial charge in [0.25, 0.3) is 0 Å². The predicted octanol–water partition coefficient (Wildman–Crippen LogP) is 0.711. The van der Waals surface area contributed by atoms with Crippen LogP contribution in [0, 0.1) is 5.92 Å². The molecular formula is C7H14ClN3O. The molecule has 1 atom stereocenters. The first kappa shape index (κ1) is 11.3. The fourth-order valence-corrected chi connectivity index (χ4v) is 0.722. The van der Waals surface area contributed by atoms with Crippen LogP contribution in [-0.2, 0) is 0 Å². The van der Waals surface area contributed by atoms with Crippen molar-refractivity contribution in [1.29, 1.82) is 0 Å². The molecule has 0 spiro atoms. The molecule has 5 heteroatoms. The Hall–Kier alpha value is -0.740. The molecule has 0 bridgehead atoms. The normalized spacial score (nSPS) is 14.3. The Morgan fingerprint density at radius 1 is 1.83 bits per heavy atom. The Morgan fingerprint density at radius 3 is 2.83 bits per heavy atom. The van der Waals surface area contributed by atoms with Gasteiger partial charge in [0, 0.05) is 24.0 Å². The maximum Gasteiger partial charge on any atom is 0.143 e. The van der Waals surface area contributed by atoms with E-state index >= 15 is 0 Å². The Balaban J connectivity index is 3.57. The van der Waals surface area contributed by atoms with E-state index in [1.165, 1.54) is 0 Å². The number of rotatable bonds is 5. The van der Waals surface area contributed by atoms with Crippen LogP contribution in [0.3, 0.4) is 0 Å². The number of hydrogen-bond donors (Lipinski definition) is 3. The Labute approximate surface area is 77.1 Å². The first-order valence-corrected chi connectivity index (χ1v) is 3.97. The first-order valence-electron chi connectivity index (χ1n) is 3.59. The van der Waals surface area contributed by atoms with Gasteiger partial charge in [0.05, 0.1) is 0 Å². The minimum Gasteiger partial charge on any atom is -0.409 e. The number of halogens is 1. The number of amidine groups is 1. The molecular weight excluding hydrogens is 178 g/mol. The van der Waals surface area contributed by atoms with Gasteiger partial charge in [-0.2, -0.15) is 0 Å². The molecule has 0 aliphatic heterocycles. The zero-order valence-electron chi connectivity index (χ0n) is 7.05. The maximum absolute atomic E-state index is 8.31. The lowest BCUT2D eigenvalue weighted by atomic mass is 10.1. The van der Waals surface area contributed by atoms with Crippen LogP contribution in [0.2, 0.25) is 0 Å². The number of nitrogens with two attached hydrogens (primary N) is 1. The summed E-state index contributed by atoms with van der Waals surface area (Å²) in [5, 5.41) is 14.7. The Bertz CT molecular complexity index is 181. The van der Waals surface area contributed by atoms with Crippen LogP contribution in [0.1, 0.15) is 6.92 Å². The molecule has 0 rings (SSSR count). The van der Waals surface area contributed by atoms with Crippen molar-refractivity contribution in [3.05, 3.63) is 11.6 Å². The van der Waals surface area contributed by atoms with Gasteiger partial charge in [-0.3, -0.25) is 0 Å². The third kappa shape index (κ3) is 4.98. The highest BCUT2D eigenvalue weighted by Gasteiger charge is 2.05. The van der Waals surface area contributed by atoms with Gasteiger partial charge in [0.2, 0.25) is 0 Å². The number of nitrogens with one attached hydrogen (secondary N) is 1. The van der Waals surface area contributed by atoms with Gasteiger partial charge in [-0.15, -0.1) is 0 Å². The monoisotopic (exact) mass is 191 g/mol.